The van der Waals surface area contributed by atoms with Crippen LogP contribution in [-0.2, 0) is 10.1 Å². The number of fused-ring (bicyclic) bond motifs is 2. The van der Waals surface area contributed by atoms with Crippen LogP contribution in [0.4, 0.5) is 16.4 Å². The Morgan fingerprint density at radius 3 is 2.50 bits per heavy atom. The molecule has 0 amide bonds. The van der Waals surface area contributed by atoms with Gasteiger partial charge in [0.25, 0.3) is 0 Å². The van der Waals surface area contributed by atoms with Crippen LogP contribution in [0.3, 0.4) is 0 Å². The number of para-hydroxylation sites is 2. The summed E-state index contributed by atoms with van der Waals surface area (Å²) >= 11 is 1.81. The zero-order valence-electron chi connectivity index (χ0n) is 16.3. The number of piperazine rings is 1. The molecule has 0 atom stereocenters. The molecule has 28 heavy (non-hydrogen) atoms. The number of nitrogens with zero attached hydrogens (tertiary/aromatic N) is 3. The van der Waals surface area contributed by atoms with Crippen molar-refractivity contribution >= 4 is 43.7 Å². The van der Waals surface area contributed by atoms with E-state index in [4.69, 9.17) is 4.99 Å². The first kappa shape index (κ1) is 20.8. The lowest BCUT2D eigenvalue weighted by atomic mass is 10.2. The van der Waals surface area contributed by atoms with Crippen molar-refractivity contribution in [1.29, 1.82) is 0 Å². The molecule has 1 aromatic carbocycles. The van der Waals surface area contributed by atoms with Crippen molar-refractivity contribution in [3.8, 4) is 0 Å². The molecular formula is C19H25N4O3S2-. The highest BCUT2D eigenvalue weighted by molar-refractivity contribution is 7.85. The highest BCUT2D eigenvalue weighted by Crippen LogP contribution is 2.39. The minimum Gasteiger partial charge on any atom is -0.748 e. The summed E-state index contributed by atoms with van der Waals surface area (Å²) in [7, 11) is -1.73. The van der Waals surface area contributed by atoms with Gasteiger partial charge in [-0.3, -0.25) is 0 Å². The predicted octanol–water partition coefficient (Wildman–Crippen LogP) is 2.99. The van der Waals surface area contributed by atoms with Gasteiger partial charge in [-0.15, -0.1) is 11.3 Å². The van der Waals surface area contributed by atoms with Crippen molar-refractivity contribution in [2.75, 3.05) is 44.3 Å². The summed E-state index contributed by atoms with van der Waals surface area (Å²) in [6.07, 6.45) is 0. The molecule has 0 bridgehead atoms. The van der Waals surface area contributed by atoms with Crippen LogP contribution in [0.15, 0.2) is 35.3 Å². The maximum absolute atomic E-state index is 9.44. The SMILES string of the molecule is CCS(=O)(=O)[O-].Cc1cc2c(s1)Nc1ccccc1N=C2N1CCN(C)CC1. The first-order valence-corrected chi connectivity index (χ1v) is 11.6. The van der Waals surface area contributed by atoms with Crippen LogP contribution in [0.2, 0.25) is 0 Å². The van der Waals surface area contributed by atoms with Crippen molar-refractivity contribution in [3.63, 3.8) is 0 Å². The van der Waals surface area contributed by atoms with Gasteiger partial charge >= 0.3 is 0 Å². The van der Waals surface area contributed by atoms with Gasteiger partial charge in [-0.1, -0.05) is 19.1 Å². The van der Waals surface area contributed by atoms with Crippen LogP contribution >= 0.6 is 11.3 Å². The van der Waals surface area contributed by atoms with Crippen molar-refractivity contribution in [2.24, 2.45) is 4.99 Å². The Balaban J connectivity index is 0.000000330. The number of hydrogen-bond acceptors (Lipinski definition) is 8. The molecule has 9 heteroatoms. The first-order chi connectivity index (χ1) is 13.3. The number of hydrogen-bond donors (Lipinski definition) is 1. The number of thiophene rings is 1. The highest BCUT2D eigenvalue weighted by Gasteiger charge is 2.25. The van der Waals surface area contributed by atoms with E-state index >= 15 is 0 Å². The third-order valence-electron chi connectivity index (χ3n) is 4.63. The molecule has 3 heterocycles. The second-order valence-electron chi connectivity index (χ2n) is 6.81. The van der Waals surface area contributed by atoms with E-state index in [2.05, 4.69) is 59.4 Å². The Hall–Kier alpha value is -1.94. The van der Waals surface area contributed by atoms with Crippen LogP contribution in [-0.4, -0.2) is 67.6 Å². The monoisotopic (exact) mass is 421 g/mol. The lowest BCUT2D eigenvalue weighted by molar-refractivity contribution is 0.216. The first-order valence-electron chi connectivity index (χ1n) is 9.19. The third kappa shape index (κ3) is 5.11. The molecule has 0 spiro atoms. The van der Waals surface area contributed by atoms with Gasteiger partial charge in [0.05, 0.1) is 27.1 Å². The summed E-state index contributed by atoms with van der Waals surface area (Å²) in [5.41, 5.74) is 3.36. The summed E-state index contributed by atoms with van der Waals surface area (Å²) in [6.45, 7) is 7.72. The van der Waals surface area contributed by atoms with Gasteiger partial charge in [0.2, 0.25) is 0 Å². The van der Waals surface area contributed by atoms with E-state index in [0.717, 1.165) is 43.4 Å². The molecule has 1 saturated heterocycles. The van der Waals surface area contributed by atoms with Crippen LogP contribution in [0.1, 0.15) is 17.4 Å². The molecule has 0 unspecified atom stereocenters. The van der Waals surface area contributed by atoms with Crippen molar-refractivity contribution in [1.82, 2.24) is 9.80 Å². The molecule has 4 rings (SSSR count). The maximum Gasteiger partial charge on any atom is 0.139 e. The van der Waals surface area contributed by atoms with Gasteiger partial charge in [-0.2, -0.15) is 0 Å². The maximum atomic E-state index is 9.44. The quantitative estimate of drug-likeness (QED) is 0.712. The average molecular weight is 422 g/mol. The predicted molar refractivity (Wildman–Crippen MR) is 114 cm³/mol. The van der Waals surface area contributed by atoms with Crippen molar-refractivity contribution in [3.05, 3.63) is 40.8 Å². The highest BCUT2D eigenvalue weighted by atomic mass is 32.2. The lowest BCUT2D eigenvalue weighted by Gasteiger charge is -2.34. The van der Waals surface area contributed by atoms with E-state index in [-0.39, 0.29) is 5.75 Å². The number of amidine groups is 1. The smallest absolute Gasteiger partial charge is 0.139 e. The molecule has 2 aliphatic heterocycles. The topological polar surface area (TPSA) is 88.1 Å². The van der Waals surface area contributed by atoms with Gasteiger partial charge < -0.3 is 19.7 Å². The molecule has 2 aromatic rings. The van der Waals surface area contributed by atoms with Crippen LogP contribution in [0.25, 0.3) is 0 Å². The fourth-order valence-electron chi connectivity index (χ4n) is 3.01. The number of aliphatic imine (C=N–C) groups is 1. The number of anilines is 2. The lowest BCUT2D eigenvalue weighted by Crippen LogP contribution is -2.47. The molecule has 0 radical (unpaired) electrons. The summed E-state index contributed by atoms with van der Waals surface area (Å²) in [5, 5.41) is 4.78. The zero-order valence-corrected chi connectivity index (χ0v) is 17.9. The summed E-state index contributed by atoms with van der Waals surface area (Å²) in [4.78, 5) is 11.1. The Morgan fingerprint density at radius 2 is 1.86 bits per heavy atom. The van der Waals surface area contributed by atoms with Crippen molar-refractivity contribution in [2.45, 2.75) is 13.8 Å². The van der Waals surface area contributed by atoms with Crippen LogP contribution in [0.5, 0.6) is 0 Å². The number of likely N-dealkylation sites (N-methyl/N-ethyl adjacent to an activating group) is 1. The number of rotatable bonds is 1. The fraction of sp³-hybridized carbons (Fsp3) is 0.421. The van der Waals surface area contributed by atoms with Gasteiger partial charge in [-0.05, 0) is 32.2 Å². The van der Waals surface area contributed by atoms with E-state index < -0.39 is 10.1 Å². The standard InChI is InChI=1S/C17H20N4S.C2H6O3S/c1-12-11-13-16(21-9-7-20(2)8-10-21)18-14-5-3-4-6-15(14)19-17(13)22-12;1-2-6(3,4)5/h3-6,11,19H,7-10H2,1-2H3;2H2,1H3,(H,3,4,5)/p-1. The van der Waals surface area contributed by atoms with Gasteiger partial charge in [0, 0.05) is 36.8 Å². The molecule has 7 nitrogen and oxygen atoms in total. The van der Waals surface area contributed by atoms with Gasteiger partial charge in [0.15, 0.2) is 0 Å². The Labute approximate surface area is 170 Å². The molecular weight excluding hydrogens is 396 g/mol. The molecule has 2 aliphatic rings. The molecule has 1 N–H and O–H groups in total. The van der Waals surface area contributed by atoms with E-state index in [1.165, 1.54) is 22.4 Å². The third-order valence-corrected chi connectivity index (χ3v) is 6.30. The molecule has 1 aromatic heterocycles. The molecule has 1 fully saturated rings. The number of nitrogens with one attached hydrogen (secondary N) is 1. The number of aryl methyl sites for hydroxylation is 1. The van der Waals surface area contributed by atoms with E-state index in [0.29, 0.717) is 0 Å². The van der Waals surface area contributed by atoms with Crippen molar-refractivity contribution < 1.29 is 13.0 Å². The van der Waals surface area contributed by atoms with Crippen LogP contribution < -0.4 is 5.32 Å². The van der Waals surface area contributed by atoms with E-state index in [1.807, 2.05) is 0 Å². The fourth-order valence-corrected chi connectivity index (χ4v) is 3.93. The average Bonchev–Trinajstić information content (AvgIpc) is 2.94. The summed E-state index contributed by atoms with van der Waals surface area (Å²) in [6, 6.07) is 10.6. The molecule has 0 aliphatic carbocycles. The Kier molecular flexibility index (Phi) is 6.39. The second-order valence-corrected chi connectivity index (χ2v) is 9.76. The van der Waals surface area contributed by atoms with Gasteiger partial charge in [0.1, 0.15) is 10.8 Å². The molecule has 0 saturated carbocycles. The number of benzene rings is 1. The minimum atomic E-state index is -3.91. The second kappa shape index (κ2) is 8.60. The Morgan fingerprint density at radius 1 is 1.21 bits per heavy atom. The van der Waals surface area contributed by atoms with E-state index in [1.54, 1.807) is 11.3 Å². The van der Waals surface area contributed by atoms with E-state index in [9.17, 15) is 13.0 Å². The summed E-state index contributed by atoms with van der Waals surface area (Å²) in [5.74, 6) is 0.803. The van der Waals surface area contributed by atoms with Crippen LogP contribution in [0, 0.1) is 6.92 Å². The normalized spacial score (nSPS) is 16.7. The zero-order chi connectivity index (χ0) is 20.3. The molecule has 152 valence electrons. The summed E-state index contributed by atoms with van der Waals surface area (Å²) < 4.78 is 28.3. The Bertz CT molecular complexity index is 961. The van der Waals surface area contributed by atoms with Gasteiger partial charge in [-0.25, -0.2) is 13.4 Å². The largest absolute Gasteiger partial charge is 0.748 e. The minimum absolute atomic E-state index is 0.312.